The van der Waals surface area contributed by atoms with Crippen molar-refractivity contribution in [3.63, 3.8) is 0 Å². The van der Waals surface area contributed by atoms with Crippen LogP contribution >= 0.6 is 11.8 Å². The lowest BCUT2D eigenvalue weighted by atomic mass is 10.2. The lowest BCUT2D eigenvalue weighted by molar-refractivity contribution is 0.0764. The van der Waals surface area contributed by atoms with Gasteiger partial charge in [-0.2, -0.15) is 11.8 Å². The summed E-state index contributed by atoms with van der Waals surface area (Å²) in [5.74, 6) is 2.08. The van der Waals surface area contributed by atoms with Crippen molar-refractivity contribution in [2.24, 2.45) is 0 Å². The maximum atomic E-state index is 12.1. The lowest BCUT2D eigenvalue weighted by Gasteiger charge is -2.19. The van der Waals surface area contributed by atoms with E-state index < -0.39 is 0 Å². The van der Waals surface area contributed by atoms with Gasteiger partial charge in [-0.25, -0.2) is 4.98 Å². The number of hydrogen-bond acceptors (Lipinski definition) is 4. The van der Waals surface area contributed by atoms with E-state index in [9.17, 15) is 4.79 Å². The minimum absolute atomic E-state index is 0.0411. The highest BCUT2D eigenvalue weighted by Gasteiger charge is 2.20. The van der Waals surface area contributed by atoms with Crippen LogP contribution in [0.15, 0.2) is 18.3 Å². The SMILES string of the molecule is Nc1cccnc1C(=O)N1CCCSCC1. The summed E-state index contributed by atoms with van der Waals surface area (Å²) in [6.07, 6.45) is 2.65. The molecule has 2 heterocycles. The molecule has 1 aromatic heterocycles. The van der Waals surface area contributed by atoms with E-state index >= 15 is 0 Å². The first-order valence-corrected chi connectivity index (χ1v) is 6.52. The second-order valence-corrected chi connectivity index (χ2v) is 4.92. The first-order chi connectivity index (χ1) is 7.79. The smallest absolute Gasteiger partial charge is 0.274 e. The number of pyridine rings is 1. The lowest BCUT2D eigenvalue weighted by Crippen LogP contribution is -2.34. The van der Waals surface area contributed by atoms with E-state index in [1.165, 1.54) is 0 Å². The monoisotopic (exact) mass is 237 g/mol. The Morgan fingerprint density at radius 1 is 1.44 bits per heavy atom. The van der Waals surface area contributed by atoms with Gasteiger partial charge >= 0.3 is 0 Å². The highest BCUT2D eigenvalue weighted by Crippen LogP contribution is 2.15. The Hall–Kier alpha value is -1.23. The van der Waals surface area contributed by atoms with E-state index in [4.69, 9.17) is 5.73 Å². The van der Waals surface area contributed by atoms with E-state index in [1.807, 2.05) is 16.7 Å². The number of amides is 1. The van der Waals surface area contributed by atoms with E-state index in [-0.39, 0.29) is 5.91 Å². The molecule has 4 nitrogen and oxygen atoms in total. The Balaban J connectivity index is 2.14. The molecular formula is C11H15N3OS. The molecule has 1 aliphatic heterocycles. The van der Waals surface area contributed by atoms with Crippen LogP contribution in [0.5, 0.6) is 0 Å². The van der Waals surface area contributed by atoms with Gasteiger partial charge in [-0.3, -0.25) is 4.79 Å². The third-order valence-corrected chi connectivity index (χ3v) is 3.60. The molecule has 1 fully saturated rings. The molecule has 0 spiro atoms. The molecule has 16 heavy (non-hydrogen) atoms. The molecule has 0 aromatic carbocycles. The molecule has 86 valence electrons. The highest BCUT2D eigenvalue weighted by molar-refractivity contribution is 7.99. The van der Waals surface area contributed by atoms with Crippen molar-refractivity contribution >= 4 is 23.4 Å². The topological polar surface area (TPSA) is 59.2 Å². The Bertz CT molecular complexity index is 375. The van der Waals surface area contributed by atoms with Crippen molar-refractivity contribution in [1.29, 1.82) is 0 Å². The second-order valence-electron chi connectivity index (χ2n) is 3.70. The second kappa shape index (κ2) is 5.21. The number of nitrogens with zero attached hydrogens (tertiary/aromatic N) is 2. The van der Waals surface area contributed by atoms with Crippen LogP contribution in [-0.2, 0) is 0 Å². The normalized spacial score (nSPS) is 16.9. The third-order valence-electron chi connectivity index (χ3n) is 2.55. The molecule has 5 heteroatoms. The van der Waals surface area contributed by atoms with Gasteiger partial charge in [-0.1, -0.05) is 0 Å². The average molecular weight is 237 g/mol. The largest absolute Gasteiger partial charge is 0.397 e. The van der Waals surface area contributed by atoms with Crippen LogP contribution in [0, 0.1) is 0 Å². The van der Waals surface area contributed by atoms with Crippen molar-refractivity contribution in [2.45, 2.75) is 6.42 Å². The molecule has 0 atom stereocenters. The van der Waals surface area contributed by atoms with Crippen molar-refractivity contribution < 1.29 is 4.79 Å². The Morgan fingerprint density at radius 2 is 2.31 bits per heavy atom. The molecule has 0 saturated carbocycles. The number of rotatable bonds is 1. The van der Waals surface area contributed by atoms with Gasteiger partial charge < -0.3 is 10.6 Å². The zero-order chi connectivity index (χ0) is 11.4. The van der Waals surface area contributed by atoms with Crippen LogP contribution in [-0.4, -0.2) is 40.4 Å². The quantitative estimate of drug-likeness (QED) is 0.798. The van der Waals surface area contributed by atoms with Crippen LogP contribution in [0.25, 0.3) is 0 Å². The molecule has 2 rings (SSSR count). The minimum atomic E-state index is -0.0411. The van der Waals surface area contributed by atoms with Crippen LogP contribution in [0.2, 0.25) is 0 Å². The summed E-state index contributed by atoms with van der Waals surface area (Å²) in [5.41, 5.74) is 6.60. The Kier molecular flexibility index (Phi) is 3.66. The summed E-state index contributed by atoms with van der Waals surface area (Å²) < 4.78 is 0. The fourth-order valence-corrected chi connectivity index (χ4v) is 2.58. The van der Waals surface area contributed by atoms with Crippen LogP contribution in [0.4, 0.5) is 5.69 Å². The molecule has 1 aliphatic rings. The van der Waals surface area contributed by atoms with Crippen LogP contribution in [0.3, 0.4) is 0 Å². The van der Waals surface area contributed by atoms with Crippen LogP contribution < -0.4 is 5.73 Å². The predicted octanol–water partition coefficient (Wildman–Crippen LogP) is 1.24. The van der Waals surface area contributed by atoms with Gasteiger partial charge in [0.2, 0.25) is 0 Å². The van der Waals surface area contributed by atoms with E-state index in [2.05, 4.69) is 4.98 Å². The number of anilines is 1. The molecule has 0 aliphatic carbocycles. The van der Waals surface area contributed by atoms with Gasteiger partial charge in [0, 0.05) is 25.0 Å². The molecule has 0 radical (unpaired) electrons. The summed E-state index contributed by atoms with van der Waals surface area (Å²) in [6, 6.07) is 3.46. The number of aromatic nitrogens is 1. The first-order valence-electron chi connectivity index (χ1n) is 5.36. The molecule has 1 aromatic rings. The van der Waals surface area contributed by atoms with Crippen molar-refractivity contribution in [1.82, 2.24) is 9.88 Å². The predicted molar refractivity (Wildman–Crippen MR) is 66.5 cm³/mol. The fourth-order valence-electron chi connectivity index (χ4n) is 1.70. The first kappa shape index (κ1) is 11.3. The van der Waals surface area contributed by atoms with Crippen molar-refractivity contribution in [3.8, 4) is 0 Å². The van der Waals surface area contributed by atoms with Crippen molar-refractivity contribution in [3.05, 3.63) is 24.0 Å². The third kappa shape index (κ3) is 2.47. The van der Waals surface area contributed by atoms with Gasteiger partial charge in [0.05, 0.1) is 5.69 Å². The number of carbonyl (C=O) groups is 1. The summed E-state index contributed by atoms with van der Waals surface area (Å²) >= 11 is 1.89. The Labute approximate surface area is 99.2 Å². The molecule has 1 amide bonds. The molecule has 0 bridgehead atoms. The molecular weight excluding hydrogens is 222 g/mol. The summed E-state index contributed by atoms with van der Waals surface area (Å²) in [6.45, 7) is 1.60. The van der Waals surface area contributed by atoms with Crippen LogP contribution in [0.1, 0.15) is 16.9 Å². The maximum Gasteiger partial charge on any atom is 0.274 e. The van der Waals surface area contributed by atoms with E-state index in [1.54, 1.807) is 18.3 Å². The Morgan fingerprint density at radius 3 is 3.12 bits per heavy atom. The average Bonchev–Trinajstić information content (AvgIpc) is 2.57. The zero-order valence-corrected chi connectivity index (χ0v) is 9.87. The summed E-state index contributed by atoms with van der Waals surface area (Å²) in [7, 11) is 0. The summed E-state index contributed by atoms with van der Waals surface area (Å²) in [5, 5.41) is 0. The van der Waals surface area contributed by atoms with E-state index in [0.29, 0.717) is 11.4 Å². The van der Waals surface area contributed by atoms with Gasteiger partial charge in [-0.15, -0.1) is 0 Å². The molecule has 0 unspecified atom stereocenters. The number of carbonyl (C=O) groups excluding carboxylic acids is 1. The molecule has 2 N–H and O–H groups in total. The van der Waals surface area contributed by atoms with Gasteiger partial charge in [0.25, 0.3) is 5.91 Å². The van der Waals surface area contributed by atoms with Gasteiger partial charge in [0.1, 0.15) is 0 Å². The highest BCUT2D eigenvalue weighted by atomic mass is 32.2. The van der Waals surface area contributed by atoms with Gasteiger partial charge in [-0.05, 0) is 24.3 Å². The number of nitrogens with two attached hydrogens (primary N) is 1. The summed E-state index contributed by atoms with van der Waals surface area (Å²) in [4.78, 5) is 18.1. The standard InChI is InChI=1S/C11H15N3OS/c12-9-3-1-4-13-10(9)11(15)14-5-2-7-16-8-6-14/h1,3-4H,2,5-8,12H2. The van der Waals surface area contributed by atoms with Gasteiger partial charge in [0.15, 0.2) is 5.69 Å². The molecule has 1 saturated heterocycles. The number of nitrogen functional groups attached to an aromatic ring is 1. The fraction of sp³-hybridized carbons (Fsp3) is 0.455. The number of thioether (sulfide) groups is 1. The zero-order valence-electron chi connectivity index (χ0n) is 9.06. The van der Waals surface area contributed by atoms with Crippen molar-refractivity contribution in [2.75, 3.05) is 30.3 Å². The minimum Gasteiger partial charge on any atom is -0.397 e. The number of hydrogen-bond donors (Lipinski definition) is 1. The van der Waals surface area contributed by atoms with E-state index in [0.717, 1.165) is 31.0 Å². The maximum absolute atomic E-state index is 12.1.